The van der Waals surface area contributed by atoms with Gasteiger partial charge in [0.2, 0.25) is 0 Å². The summed E-state index contributed by atoms with van der Waals surface area (Å²) in [5.74, 6) is 0. The van der Waals surface area contributed by atoms with Crippen molar-refractivity contribution in [2.45, 2.75) is 39.0 Å². The van der Waals surface area contributed by atoms with Gasteiger partial charge in [-0.15, -0.1) is 0 Å². The van der Waals surface area contributed by atoms with Gasteiger partial charge in [-0.25, -0.2) is 0 Å². The predicted octanol–water partition coefficient (Wildman–Crippen LogP) is 4.15. The SMILES string of the molecule is CCC/C=C/C/C=C/CC/C=C/C#N. The molecule has 0 bridgehead atoms. The quantitative estimate of drug-likeness (QED) is 0.335. The van der Waals surface area contributed by atoms with Crippen LogP contribution in [0.5, 0.6) is 0 Å². The molecule has 1 nitrogen and oxygen atoms in total. The third-order valence-corrected chi connectivity index (χ3v) is 1.75. The van der Waals surface area contributed by atoms with Crippen LogP contribution in [-0.2, 0) is 0 Å². The second-order valence-corrected chi connectivity index (χ2v) is 3.08. The molecule has 0 aromatic heterocycles. The number of rotatable bonds is 7. The molecule has 0 aliphatic carbocycles. The summed E-state index contributed by atoms with van der Waals surface area (Å²) in [7, 11) is 0. The summed E-state index contributed by atoms with van der Waals surface area (Å²) >= 11 is 0. The molecule has 0 aliphatic heterocycles. The second kappa shape index (κ2) is 11.7. The average Bonchev–Trinajstić information content (AvgIpc) is 2.21. The van der Waals surface area contributed by atoms with Crippen molar-refractivity contribution in [1.82, 2.24) is 0 Å². The van der Waals surface area contributed by atoms with Gasteiger partial charge >= 0.3 is 0 Å². The minimum absolute atomic E-state index is 0.961. The van der Waals surface area contributed by atoms with Crippen molar-refractivity contribution in [2.75, 3.05) is 0 Å². The molecule has 0 aromatic rings. The molecule has 1 heteroatoms. The lowest BCUT2D eigenvalue weighted by Gasteiger charge is -1.86. The van der Waals surface area contributed by atoms with E-state index in [4.69, 9.17) is 5.26 Å². The van der Waals surface area contributed by atoms with E-state index in [2.05, 4.69) is 31.2 Å². The van der Waals surface area contributed by atoms with Crippen LogP contribution in [0.4, 0.5) is 0 Å². The Labute approximate surface area is 87.4 Å². The molecule has 0 radical (unpaired) electrons. The predicted molar refractivity (Wildman–Crippen MR) is 61.8 cm³/mol. The summed E-state index contributed by atoms with van der Waals surface area (Å²) in [4.78, 5) is 0. The fourth-order valence-corrected chi connectivity index (χ4v) is 1.00. The Morgan fingerprint density at radius 2 is 1.57 bits per heavy atom. The van der Waals surface area contributed by atoms with Crippen LogP contribution in [0.25, 0.3) is 0 Å². The molecule has 0 atom stereocenters. The van der Waals surface area contributed by atoms with Crippen molar-refractivity contribution < 1.29 is 0 Å². The van der Waals surface area contributed by atoms with Gasteiger partial charge in [0.15, 0.2) is 0 Å². The Morgan fingerprint density at radius 3 is 2.21 bits per heavy atom. The van der Waals surface area contributed by atoms with Gasteiger partial charge < -0.3 is 0 Å². The summed E-state index contributed by atoms with van der Waals surface area (Å²) in [5.41, 5.74) is 0. The number of nitriles is 1. The molecule has 0 N–H and O–H groups in total. The van der Waals surface area contributed by atoms with Crippen LogP contribution in [0.15, 0.2) is 36.5 Å². The van der Waals surface area contributed by atoms with Crippen molar-refractivity contribution in [1.29, 1.82) is 5.26 Å². The Kier molecular flexibility index (Phi) is 10.6. The first kappa shape index (κ1) is 12.7. The Morgan fingerprint density at radius 1 is 0.929 bits per heavy atom. The fourth-order valence-electron chi connectivity index (χ4n) is 1.00. The van der Waals surface area contributed by atoms with E-state index in [1.165, 1.54) is 18.9 Å². The van der Waals surface area contributed by atoms with Gasteiger partial charge in [0.25, 0.3) is 0 Å². The highest BCUT2D eigenvalue weighted by molar-refractivity contribution is 5.02. The number of nitrogens with zero attached hydrogens (tertiary/aromatic N) is 1. The minimum Gasteiger partial charge on any atom is -0.193 e. The van der Waals surface area contributed by atoms with E-state index < -0.39 is 0 Å². The summed E-state index contributed by atoms with van der Waals surface area (Å²) in [6, 6.07) is 1.98. The molecule has 0 fully saturated rings. The largest absolute Gasteiger partial charge is 0.193 e. The molecule has 0 aliphatic rings. The topological polar surface area (TPSA) is 23.8 Å². The van der Waals surface area contributed by atoms with Crippen LogP contribution >= 0.6 is 0 Å². The molecular weight excluding hydrogens is 170 g/mol. The van der Waals surface area contributed by atoms with Crippen molar-refractivity contribution in [3.63, 3.8) is 0 Å². The maximum absolute atomic E-state index is 8.23. The maximum Gasteiger partial charge on any atom is 0.0908 e. The number of unbranched alkanes of at least 4 members (excludes halogenated alkanes) is 2. The number of hydrogen-bond donors (Lipinski definition) is 0. The normalized spacial score (nSPS) is 11.7. The molecular formula is C13H19N. The van der Waals surface area contributed by atoms with E-state index >= 15 is 0 Å². The lowest BCUT2D eigenvalue weighted by molar-refractivity contribution is 0.954. The first-order valence-electron chi connectivity index (χ1n) is 5.26. The van der Waals surface area contributed by atoms with Crippen LogP contribution in [0, 0.1) is 11.3 Å². The summed E-state index contributed by atoms with van der Waals surface area (Å²) in [6.45, 7) is 2.18. The third-order valence-electron chi connectivity index (χ3n) is 1.75. The van der Waals surface area contributed by atoms with Crippen molar-refractivity contribution in [3.05, 3.63) is 36.5 Å². The highest BCUT2D eigenvalue weighted by Crippen LogP contribution is 1.96. The summed E-state index contributed by atoms with van der Waals surface area (Å²) in [5, 5.41) is 8.23. The Bertz CT molecular complexity index is 228. The van der Waals surface area contributed by atoms with Gasteiger partial charge in [-0.2, -0.15) is 5.26 Å². The van der Waals surface area contributed by atoms with E-state index in [0.717, 1.165) is 19.3 Å². The van der Waals surface area contributed by atoms with Crippen LogP contribution < -0.4 is 0 Å². The Balaban J connectivity index is 3.28. The van der Waals surface area contributed by atoms with Gasteiger partial charge in [0.1, 0.15) is 0 Å². The zero-order chi connectivity index (χ0) is 10.5. The van der Waals surface area contributed by atoms with E-state index in [1.54, 1.807) is 0 Å². The lowest BCUT2D eigenvalue weighted by Crippen LogP contribution is -1.65. The molecule has 0 unspecified atom stereocenters. The lowest BCUT2D eigenvalue weighted by atomic mass is 10.2. The standard InChI is InChI=1S/C13H19N/c1-2-3-4-5-6-7-8-9-10-11-12-13-14/h4-5,7-8,11-12H,2-3,6,9-10H2,1H3/b5-4+,8-7+,12-11+. The highest BCUT2D eigenvalue weighted by atomic mass is 14.2. The zero-order valence-corrected chi connectivity index (χ0v) is 8.95. The third kappa shape index (κ3) is 10.7. The second-order valence-electron chi connectivity index (χ2n) is 3.08. The van der Waals surface area contributed by atoms with Crippen LogP contribution in [0.1, 0.15) is 39.0 Å². The highest BCUT2D eigenvalue weighted by Gasteiger charge is 1.76. The first-order valence-corrected chi connectivity index (χ1v) is 5.26. The molecule has 0 heterocycles. The number of hydrogen-bond acceptors (Lipinski definition) is 1. The van der Waals surface area contributed by atoms with Crippen molar-refractivity contribution >= 4 is 0 Å². The molecule has 0 spiro atoms. The van der Waals surface area contributed by atoms with Gasteiger partial charge in [-0.1, -0.05) is 43.7 Å². The van der Waals surface area contributed by atoms with Crippen molar-refractivity contribution in [2.24, 2.45) is 0 Å². The number of allylic oxidation sites excluding steroid dienone is 6. The monoisotopic (exact) mass is 189 g/mol. The Hall–Kier alpha value is -1.29. The molecule has 0 saturated carbocycles. The minimum atomic E-state index is 0.961. The maximum atomic E-state index is 8.23. The van der Waals surface area contributed by atoms with E-state index in [9.17, 15) is 0 Å². The van der Waals surface area contributed by atoms with Gasteiger partial charge in [0.05, 0.1) is 6.07 Å². The van der Waals surface area contributed by atoms with Crippen LogP contribution in [0.3, 0.4) is 0 Å². The van der Waals surface area contributed by atoms with Crippen LogP contribution in [0.2, 0.25) is 0 Å². The van der Waals surface area contributed by atoms with E-state index in [0.29, 0.717) is 0 Å². The molecule has 14 heavy (non-hydrogen) atoms. The fraction of sp³-hybridized carbons (Fsp3) is 0.462. The molecule has 0 aromatic carbocycles. The summed E-state index contributed by atoms with van der Waals surface area (Å²) < 4.78 is 0. The molecule has 76 valence electrons. The molecule has 0 saturated heterocycles. The van der Waals surface area contributed by atoms with Gasteiger partial charge in [-0.05, 0) is 25.7 Å². The molecule has 0 rings (SSSR count). The van der Waals surface area contributed by atoms with Crippen molar-refractivity contribution in [3.8, 4) is 6.07 Å². The first-order chi connectivity index (χ1) is 6.91. The van der Waals surface area contributed by atoms with Gasteiger partial charge in [-0.3, -0.25) is 0 Å². The smallest absolute Gasteiger partial charge is 0.0908 e. The zero-order valence-electron chi connectivity index (χ0n) is 8.95. The van der Waals surface area contributed by atoms with Gasteiger partial charge in [0, 0.05) is 6.08 Å². The molecule has 0 amide bonds. The van der Waals surface area contributed by atoms with E-state index in [-0.39, 0.29) is 0 Å². The van der Waals surface area contributed by atoms with Crippen LogP contribution in [-0.4, -0.2) is 0 Å². The van der Waals surface area contributed by atoms with E-state index in [1.807, 2.05) is 12.1 Å². The summed E-state index contributed by atoms with van der Waals surface area (Å²) in [6.07, 6.45) is 17.6. The average molecular weight is 189 g/mol.